The van der Waals surface area contributed by atoms with Crippen LogP contribution >= 0.6 is 0 Å². The van der Waals surface area contributed by atoms with Gasteiger partial charge in [0.1, 0.15) is 0 Å². The molecule has 3 heteroatoms. The normalized spacial score (nSPS) is 20.9. The number of hydrogen-bond acceptors (Lipinski definition) is 2. The van der Waals surface area contributed by atoms with E-state index in [2.05, 4.69) is 25.8 Å². The van der Waals surface area contributed by atoms with Crippen molar-refractivity contribution in [3.8, 4) is 0 Å². The van der Waals surface area contributed by atoms with Gasteiger partial charge in [-0.3, -0.25) is 4.79 Å². The topological polar surface area (TPSA) is 40.5 Å². The van der Waals surface area contributed by atoms with E-state index in [1.807, 2.05) is 0 Å². The molecule has 14 heavy (non-hydrogen) atoms. The summed E-state index contributed by atoms with van der Waals surface area (Å²) < 4.78 is 0. The summed E-state index contributed by atoms with van der Waals surface area (Å²) in [7, 11) is 2.09. The summed E-state index contributed by atoms with van der Waals surface area (Å²) in [5, 5.41) is 8.52. The van der Waals surface area contributed by atoms with E-state index in [4.69, 9.17) is 5.11 Å². The first kappa shape index (κ1) is 11.5. The number of rotatable bonds is 6. The predicted molar refractivity (Wildman–Crippen MR) is 56.3 cm³/mol. The number of carbonyl (C=O) groups is 1. The molecule has 1 atom stereocenters. The first-order valence-electron chi connectivity index (χ1n) is 5.38. The molecule has 0 aliphatic heterocycles. The Kier molecular flexibility index (Phi) is 3.53. The van der Waals surface area contributed by atoms with E-state index in [9.17, 15) is 4.79 Å². The van der Waals surface area contributed by atoms with Gasteiger partial charge in [0.2, 0.25) is 0 Å². The molecule has 3 nitrogen and oxygen atoms in total. The van der Waals surface area contributed by atoms with Crippen LogP contribution in [0.15, 0.2) is 0 Å². The number of hydrogen-bond donors (Lipinski definition) is 1. The van der Waals surface area contributed by atoms with Crippen LogP contribution in [-0.4, -0.2) is 35.6 Å². The van der Waals surface area contributed by atoms with Crippen LogP contribution in [0, 0.1) is 5.41 Å². The zero-order chi connectivity index (χ0) is 10.8. The molecule has 1 unspecified atom stereocenters. The summed E-state index contributed by atoms with van der Waals surface area (Å²) in [4.78, 5) is 12.6. The minimum Gasteiger partial charge on any atom is -0.481 e. The monoisotopic (exact) mass is 199 g/mol. The molecular formula is C11H21NO2. The summed E-state index contributed by atoms with van der Waals surface area (Å²) >= 11 is 0. The highest BCUT2D eigenvalue weighted by molar-refractivity contribution is 5.66. The largest absolute Gasteiger partial charge is 0.481 e. The highest BCUT2D eigenvalue weighted by Gasteiger charge is 2.43. The first-order chi connectivity index (χ1) is 6.46. The number of nitrogens with zero attached hydrogens (tertiary/aromatic N) is 1. The van der Waals surface area contributed by atoms with Crippen LogP contribution < -0.4 is 0 Å². The Morgan fingerprint density at radius 1 is 1.57 bits per heavy atom. The maximum absolute atomic E-state index is 10.3. The van der Waals surface area contributed by atoms with Crippen LogP contribution in [0.2, 0.25) is 0 Å². The van der Waals surface area contributed by atoms with E-state index in [1.54, 1.807) is 0 Å². The van der Waals surface area contributed by atoms with E-state index in [0.29, 0.717) is 11.5 Å². The van der Waals surface area contributed by atoms with E-state index in [0.717, 1.165) is 13.0 Å². The van der Waals surface area contributed by atoms with E-state index in [-0.39, 0.29) is 6.42 Å². The van der Waals surface area contributed by atoms with Gasteiger partial charge in [0.05, 0.1) is 0 Å². The average Bonchev–Trinajstić information content (AvgIpc) is 2.83. The van der Waals surface area contributed by atoms with Crippen LogP contribution in [0.25, 0.3) is 0 Å². The Hall–Kier alpha value is -0.570. The summed E-state index contributed by atoms with van der Waals surface area (Å²) in [5.74, 6) is -0.691. The Morgan fingerprint density at radius 3 is 2.57 bits per heavy atom. The molecule has 0 bridgehead atoms. The third-order valence-electron chi connectivity index (χ3n) is 3.61. The molecule has 0 aromatic rings. The second-order valence-electron chi connectivity index (χ2n) is 4.81. The SMILES string of the molecule is CC(N(C)CCCC(=O)O)C1(C)CC1. The molecule has 0 saturated heterocycles. The van der Waals surface area contributed by atoms with Crippen molar-refractivity contribution in [3.05, 3.63) is 0 Å². The maximum Gasteiger partial charge on any atom is 0.303 e. The van der Waals surface area contributed by atoms with Crippen molar-refractivity contribution in [1.29, 1.82) is 0 Å². The van der Waals surface area contributed by atoms with Gasteiger partial charge in [-0.15, -0.1) is 0 Å². The van der Waals surface area contributed by atoms with Crippen LogP contribution in [-0.2, 0) is 4.79 Å². The molecule has 0 heterocycles. The molecule has 1 aliphatic carbocycles. The molecule has 0 radical (unpaired) electrons. The van der Waals surface area contributed by atoms with Gasteiger partial charge in [0, 0.05) is 12.5 Å². The molecule has 0 amide bonds. The second-order valence-corrected chi connectivity index (χ2v) is 4.81. The summed E-state index contributed by atoms with van der Waals surface area (Å²) in [5.41, 5.74) is 0.498. The zero-order valence-corrected chi connectivity index (χ0v) is 9.42. The molecule has 1 aliphatic rings. The Morgan fingerprint density at radius 2 is 2.14 bits per heavy atom. The first-order valence-corrected chi connectivity index (χ1v) is 5.38. The molecule has 1 N–H and O–H groups in total. The van der Waals surface area contributed by atoms with Crippen LogP contribution in [0.1, 0.15) is 39.5 Å². The van der Waals surface area contributed by atoms with Crippen molar-refractivity contribution in [1.82, 2.24) is 4.90 Å². The Labute approximate surface area is 86.1 Å². The van der Waals surface area contributed by atoms with Gasteiger partial charge in [0.15, 0.2) is 0 Å². The van der Waals surface area contributed by atoms with Crippen molar-refractivity contribution in [2.45, 2.75) is 45.6 Å². The molecule has 1 rings (SSSR count). The minimum atomic E-state index is -0.691. The number of carboxylic acid groups (broad SMARTS) is 1. The molecule has 0 aromatic carbocycles. The zero-order valence-electron chi connectivity index (χ0n) is 9.42. The lowest BCUT2D eigenvalue weighted by Gasteiger charge is -2.29. The maximum atomic E-state index is 10.3. The van der Waals surface area contributed by atoms with Gasteiger partial charge < -0.3 is 10.0 Å². The average molecular weight is 199 g/mol. The summed E-state index contributed by atoms with van der Waals surface area (Å²) in [6.45, 7) is 5.45. The quantitative estimate of drug-likeness (QED) is 0.711. The molecule has 0 spiro atoms. The molecule has 1 saturated carbocycles. The van der Waals surface area contributed by atoms with Gasteiger partial charge in [-0.1, -0.05) is 6.92 Å². The fraction of sp³-hybridized carbons (Fsp3) is 0.909. The molecule has 82 valence electrons. The standard InChI is InChI=1S/C11H21NO2/c1-9(11(2)6-7-11)12(3)8-4-5-10(13)14/h9H,4-8H2,1-3H3,(H,13,14). The fourth-order valence-electron chi connectivity index (χ4n) is 1.82. The minimum absolute atomic E-state index is 0.285. The van der Waals surface area contributed by atoms with Gasteiger partial charge >= 0.3 is 5.97 Å². The second kappa shape index (κ2) is 4.30. The van der Waals surface area contributed by atoms with Crippen molar-refractivity contribution < 1.29 is 9.90 Å². The Balaban J connectivity index is 2.20. The third kappa shape index (κ3) is 2.98. The van der Waals surface area contributed by atoms with Gasteiger partial charge in [-0.25, -0.2) is 0 Å². The van der Waals surface area contributed by atoms with Crippen LogP contribution in [0.5, 0.6) is 0 Å². The molecule has 0 aromatic heterocycles. The number of carboxylic acids is 1. The van der Waals surface area contributed by atoms with Crippen LogP contribution in [0.4, 0.5) is 0 Å². The van der Waals surface area contributed by atoms with Crippen molar-refractivity contribution in [3.63, 3.8) is 0 Å². The van der Waals surface area contributed by atoms with E-state index in [1.165, 1.54) is 12.8 Å². The van der Waals surface area contributed by atoms with Gasteiger partial charge in [-0.2, -0.15) is 0 Å². The number of aliphatic carboxylic acids is 1. The van der Waals surface area contributed by atoms with E-state index >= 15 is 0 Å². The predicted octanol–water partition coefficient (Wildman–Crippen LogP) is 1.97. The fourth-order valence-corrected chi connectivity index (χ4v) is 1.82. The summed E-state index contributed by atoms with van der Waals surface area (Å²) in [6.07, 6.45) is 3.68. The summed E-state index contributed by atoms with van der Waals surface area (Å²) in [6, 6.07) is 0.580. The van der Waals surface area contributed by atoms with Crippen molar-refractivity contribution in [2.75, 3.05) is 13.6 Å². The van der Waals surface area contributed by atoms with Crippen LogP contribution in [0.3, 0.4) is 0 Å². The molecule has 1 fully saturated rings. The van der Waals surface area contributed by atoms with Gasteiger partial charge in [-0.05, 0) is 45.2 Å². The van der Waals surface area contributed by atoms with Crippen molar-refractivity contribution >= 4 is 5.97 Å². The van der Waals surface area contributed by atoms with E-state index < -0.39 is 5.97 Å². The smallest absolute Gasteiger partial charge is 0.303 e. The highest BCUT2D eigenvalue weighted by atomic mass is 16.4. The van der Waals surface area contributed by atoms with Gasteiger partial charge in [0.25, 0.3) is 0 Å². The molecular weight excluding hydrogens is 178 g/mol. The Bertz CT molecular complexity index is 211. The lowest BCUT2D eigenvalue weighted by molar-refractivity contribution is -0.137. The third-order valence-corrected chi connectivity index (χ3v) is 3.61. The lowest BCUT2D eigenvalue weighted by Crippen LogP contribution is -2.36. The lowest BCUT2D eigenvalue weighted by atomic mass is 9.99. The highest BCUT2D eigenvalue weighted by Crippen LogP contribution is 2.49. The van der Waals surface area contributed by atoms with Crippen molar-refractivity contribution in [2.24, 2.45) is 5.41 Å².